The molecule has 1 aliphatic carbocycles. The van der Waals surface area contributed by atoms with Crippen molar-refractivity contribution in [3.8, 4) is 5.75 Å². The molecule has 0 heterocycles. The summed E-state index contributed by atoms with van der Waals surface area (Å²) in [5.74, 6) is 0.911. The van der Waals surface area contributed by atoms with E-state index in [1.807, 2.05) is 0 Å². The van der Waals surface area contributed by atoms with E-state index < -0.39 is 0 Å². The van der Waals surface area contributed by atoms with Gasteiger partial charge in [-0.1, -0.05) is 91.7 Å². The molecular formula is C31H38N2O. The van der Waals surface area contributed by atoms with Crippen LogP contribution in [0.3, 0.4) is 0 Å². The topological polar surface area (TPSA) is 15.7 Å². The zero-order valence-electron chi connectivity index (χ0n) is 20.5. The van der Waals surface area contributed by atoms with Crippen LogP contribution in [-0.4, -0.2) is 35.5 Å². The van der Waals surface area contributed by atoms with E-state index >= 15 is 0 Å². The Labute approximate surface area is 205 Å². The van der Waals surface area contributed by atoms with Gasteiger partial charge in [0.15, 0.2) is 0 Å². The molecule has 3 aromatic rings. The maximum atomic E-state index is 5.39. The first-order valence-electron chi connectivity index (χ1n) is 12.6. The van der Waals surface area contributed by atoms with Crippen LogP contribution in [0.1, 0.15) is 42.4 Å². The second-order valence-electron chi connectivity index (χ2n) is 9.36. The number of nitrogens with zero attached hydrogens (tertiary/aromatic N) is 2. The molecule has 3 nitrogen and oxygen atoms in total. The fraction of sp³-hybridized carbons (Fsp3) is 0.355. The van der Waals surface area contributed by atoms with Crippen molar-refractivity contribution in [1.82, 2.24) is 9.80 Å². The lowest BCUT2D eigenvalue weighted by atomic mass is 9.87. The fourth-order valence-corrected chi connectivity index (χ4v) is 5.32. The predicted octanol–water partition coefficient (Wildman–Crippen LogP) is 6.70. The van der Waals surface area contributed by atoms with Crippen molar-refractivity contribution < 1.29 is 4.74 Å². The smallest absolute Gasteiger partial charge is 0.118 e. The number of hydrogen-bond donors (Lipinski definition) is 0. The molecule has 0 bridgehead atoms. The minimum absolute atomic E-state index is 0.500. The fourth-order valence-electron chi connectivity index (χ4n) is 5.32. The van der Waals surface area contributed by atoms with Crippen LogP contribution in [0.2, 0.25) is 0 Å². The van der Waals surface area contributed by atoms with Gasteiger partial charge in [0.2, 0.25) is 0 Å². The van der Waals surface area contributed by atoms with Gasteiger partial charge in [-0.3, -0.25) is 9.80 Å². The highest BCUT2D eigenvalue weighted by molar-refractivity contribution is 5.27. The highest BCUT2D eigenvalue weighted by atomic mass is 16.5. The Morgan fingerprint density at radius 3 is 1.68 bits per heavy atom. The molecule has 3 heteroatoms. The number of methoxy groups -OCH3 is 1. The van der Waals surface area contributed by atoms with Crippen molar-refractivity contribution in [2.24, 2.45) is 0 Å². The molecule has 0 aliphatic heterocycles. The van der Waals surface area contributed by atoms with Crippen LogP contribution >= 0.6 is 0 Å². The zero-order chi connectivity index (χ0) is 23.6. The molecule has 2 atom stereocenters. The highest BCUT2D eigenvalue weighted by Gasteiger charge is 2.34. The number of ether oxygens (including phenoxy) is 1. The third-order valence-corrected chi connectivity index (χ3v) is 7.00. The molecule has 0 spiro atoms. The van der Waals surface area contributed by atoms with E-state index in [-0.39, 0.29) is 0 Å². The van der Waals surface area contributed by atoms with Crippen molar-refractivity contribution in [3.63, 3.8) is 0 Å². The molecule has 0 radical (unpaired) electrons. The van der Waals surface area contributed by atoms with Crippen LogP contribution in [0, 0.1) is 0 Å². The lowest BCUT2D eigenvalue weighted by Gasteiger charge is -2.45. The van der Waals surface area contributed by atoms with E-state index in [4.69, 9.17) is 4.74 Å². The normalized spacial score (nSPS) is 18.2. The van der Waals surface area contributed by atoms with E-state index in [1.165, 1.54) is 42.4 Å². The van der Waals surface area contributed by atoms with E-state index in [9.17, 15) is 0 Å². The molecule has 4 rings (SSSR count). The first-order chi connectivity index (χ1) is 16.8. The minimum Gasteiger partial charge on any atom is -0.497 e. The number of rotatable bonds is 11. The second kappa shape index (κ2) is 12.5. The molecule has 34 heavy (non-hydrogen) atoms. The van der Waals surface area contributed by atoms with Gasteiger partial charge in [0.05, 0.1) is 7.11 Å². The maximum Gasteiger partial charge on any atom is 0.118 e. The lowest BCUT2D eigenvalue weighted by molar-refractivity contribution is 0.0400. The Bertz CT molecular complexity index is 987. The SMILES string of the molecule is C=CCN(Cc1ccccc1)[C@@H]1CCCC[C@H]1N(Cc1ccccc1)Cc1ccc(OC)cc1. The summed E-state index contributed by atoms with van der Waals surface area (Å²) in [6.07, 6.45) is 7.13. The van der Waals surface area contributed by atoms with Crippen molar-refractivity contribution in [1.29, 1.82) is 0 Å². The van der Waals surface area contributed by atoms with Gasteiger partial charge in [0.1, 0.15) is 5.75 Å². The van der Waals surface area contributed by atoms with Crippen LogP contribution in [-0.2, 0) is 19.6 Å². The van der Waals surface area contributed by atoms with Gasteiger partial charge in [0.25, 0.3) is 0 Å². The summed E-state index contributed by atoms with van der Waals surface area (Å²) < 4.78 is 5.39. The summed E-state index contributed by atoms with van der Waals surface area (Å²) >= 11 is 0. The lowest BCUT2D eigenvalue weighted by Crippen LogP contribution is -2.52. The van der Waals surface area contributed by atoms with Crippen LogP contribution in [0.4, 0.5) is 0 Å². The van der Waals surface area contributed by atoms with Crippen molar-refractivity contribution in [2.45, 2.75) is 57.4 Å². The first kappa shape index (κ1) is 24.3. The summed E-state index contributed by atoms with van der Waals surface area (Å²) in [5.41, 5.74) is 4.08. The molecule has 0 unspecified atom stereocenters. The predicted molar refractivity (Wildman–Crippen MR) is 142 cm³/mol. The second-order valence-corrected chi connectivity index (χ2v) is 9.36. The monoisotopic (exact) mass is 454 g/mol. The van der Waals surface area contributed by atoms with Crippen molar-refractivity contribution in [2.75, 3.05) is 13.7 Å². The van der Waals surface area contributed by atoms with E-state index in [0.29, 0.717) is 12.1 Å². The van der Waals surface area contributed by atoms with Gasteiger partial charge in [0, 0.05) is 38.3 Å². The van der Waals surface area contributed by atoms with Gasteiger partial charge < -0.3 is 4.74 Å². The Balaban J connectivity index is 1.60. The molecule has 1 fully saturated rings. The van der Waals surface area contributed by atoms with Gasteiger partial charge in [-0.05, 0) is 41.7 Å². The average molecular weight is 455 g/mol. The molecule has 1 saturated carbocycles. The summed E-state index contributed by atoms with van der Waals surface area (Å²) in [5, 5.41) is 0. The number of hydrogen-bond acceptors (Lipinski definition) is 3. The Kier molecular flexibility index (Phi) is 8.95. The van der Waals surface area contributed by atoms with Crippen molar-refractivity contribution >= 4 is 0 Å². The molecule has 1 aliphatic rings. The minimum atomic E-state index is 0.500. The molecule has 0 amide bonds. The zero-order valence-corrected chi connectivity index (χ0v) is 20.5. The Morgan fingerprint density at radius 1 is 0.706 bits per heavy atom. The highest BCUT2D eigenvalue weighted by Crippen LogP contribution is 2.31. The third kappa shape index (κ3) is 6.59. The first-order valence-corrected chi connectivity index (χ1v) is 12.6. The molecule has 0 N–H and O–H groups in total. The molecular weight excluding hydrogens is 416 g/mol. The summed E-state index contributed by atoms with van der Waals surface area (Å²) in [6, 6.07) is 31.4. The standard InChI is InChI=1S/C31H38N2O/c1-3-22-32(23-26-12-6-4-7-13-26)30-16-10-11-17-31(30)33(24-27-14-8-5-9-15-27)25-28-18-20-29(34-2)21-19-28/h3-9,12-15,18-21,30-31H,1,10-11,16-17,22-25H2,2H3/t30-,31-/m1/s1. The molecule has 0 saturated heterocycles. The van der Waals surface area contributed by atoms with E-state index in [2.05, 4.69) is 107 Å². The largest absolute Gasteiger partial charge is 0.497 e. The Hall–Kier alpha value is -2.88. The van der Waals surface area contributed by atoms with Crippen LogP contribution < -0.4 is 4.74 Å². The summed E-state index contributed by atoms with van der Waals surface area (Å²) in [7, 11) is 1.73. The molecule has 3 aromatic carbocycles. The van der Waals surface area contributed by atoms with E-state index in [1.54, 1.807) is 7.11 Å². The van der Waals surface area contributed by atoms with Gasteiger partial charge in [-0.15, -0.1) is 6.58 Å². The summed E-state index contributed by atoms with van der Waals surface area (Å²) in [6.45, 7) is 7.87. The maximum absolute atomic E-state index is 5.39. The average Bonchev–Trinajstić information content (AvgIpc) is 2.90. The van der Waals surface area contributed by atoms with Crippen LogP contribution in [0.25, 0.3) is 0 Å². The van der Waals surface area contributed by atoms with Gasteiger partial charge in [-0.2, -0.15) is 0 Å². The van der Waals surface area contributed by atoms with Gasteiger partial charge in [-0.25, -0.2) is 0 Å². The number of benzene rings is 3. The van der Waals surface area contributed by atoms with Gasteiger partial charge >= 0.3 is 0 Å². The van der Waals surface area contributed by atoms with E-state index in [0.717, 1.165) is 31.9 Å². The molecule has 0 aromatic heterocycles. The van der Waals surface area contributed by atoms with Crippen LogP contribution in [0.15, 0.2) is 97.6 Å². The summed E-state index contributed by atoms with van der Waals surface area (Å²) in [4.78, 5) is 5.36. The third-order valence-electron chi connectivity index (χ3n) is 7.00. The Morgan fingerprint density at radius 2 is 1.18 bits per heavy atom. The molecule has 178 valence electrons. The van der Waals surface area contributed by atoms with Crippen LogP contribution in [0.5, 0.6) is 5.75 Å². The van der Waals surface area contributed by atoms with Crippen molar-refractivity contribution in [3.05, 3.63) is 114 Å². The quantitative estimate of drug-likeness (QED) is 0.300.